The molecular formula is C19H17NO2. The van der Waals surface area contributed by atoms with Crippen molar-refractivity contribution in [1.29, 1.82) is 0 Å². The van der Waals surface area contributed by atoms with Crippen molar-refractivity contribution in [2.24, 2.45) is 0 Å². The first-order valence-electron chi connectivity index (χ1n) is 7.01. The highest BCUT2D eigenvalue weighted by Gasteiger charge is 2.09. The minimum Gasteiger partial charge on any atom is -0.322 e. The molecule has 0 bridgehead atoms. The van der Waals surface area contributed by atoms with E-state index in [4.69, 9.17) is 0 Å². The summed E-state index contributed by atoms with van der Waals surface area (Å²) in [6.07, 6.45) is 6.71. The molecule has 2 aromatic rings. The summed E-state index contributed by atoms with van der Waals surface area (Å²) in [5.74, 6) is -0.302. The summed E-state index contributed by atoms with van der Waals surface area (Å²) in [5, 5.41) is 2.74. The second-order valence-corrected chi connectivity index (χ2v) is 4.65. The summed E-state index contributed by atoms with van der Waals surface area (Å²) in [4.78, 5) is 24.1. The molecule has 3 nitrogen and oxygen atoms in total. The van der Waals surface area contributed by atoms with Gasteiger partial charge < -0.3 is 5.32 Å². The SMILES string of the molecule is CC=CC=CC(=O)Nc1cccc(C(=O)c2ccccc2)c1. The van der Waals surface area contributed by atoms with E-state index in [2.05, 4.69) is 5.32 Å². The molecule has 0 fully saturated rings. The maximum absolute atomic E-state index is 12.4. The number of hydrogen-bond donors (Lipinski definition) is 1. The van der Waals surface area contributed by atoms with Crippen LogP contribution in [0.3, 0.4) is 0 Å². The largest absolute Gasteiger partial charge is 0.322 e. The predicted molar refractivity (Wildman–Crippen MR) is 88.9 cm³/mol. The summed E-state index contributed by atoms with van der Waals surface area (Å²) in [5.41, 5.74) is 1.76. The van der Waals surface area contributed by atoms with Crippen molar-refractivity contribution in [1.82, 2.24) is 0 Å². The Balaban J connectivity index is 2.13. The van der Waals surface area contributed by atoms with Crippen LogP contribution < -0.4 is 5.32 Å². The second kappa shape index (κ2) is 7.74. The summed E-state index contributed by atoms with van der Waals surface area (Å²) in [7, 11) is 0. The second-order valence-electron chi connectivity index (χ2n) is 4.65. The molecule has 0 saturated carbocycles. The molecule has 2 rings (SSSR count). The van der Waals surface area contributed by atoms with Gasteiger partial charge in [-0.05, 0) is 19.1 Å². The highest BCUT2D eigenvalue weighted by Crippen LogP contribution is 2.15. The third-order valence-corrected chi connectivity index (χ3v) is 2.98. The van der Waals surface area contributed by atoms with Gasteiger partial charge in [-0.25, -0.2) is 0 Å². The fourth-order valence-corrected chi connectivity index (χ4v) is 1.93. The van der Waals surface area contributed by atoms with Crippen molar-refractivity contribution in [3.63, 3.8) is 0 Å². The summed E-state index contributed by atoms with van der Waals surface area (Å²) >= 11 is 0. The number of nitrogens with one attached hydrogen (secondary N) is 1. The first-order valence-corrected chi connectivity index (χ1v) is 7.01. The topological polar surface area (TPSA) is 46.2 Å². The van der Waals surface area contributed by atoms with Gasteiger partial charge in [-0.15, -0.1) is 0 Å². The van der Waals surface area contributed by atoms with E-state index in [1.165, 1.54) is 6.08 Å². The fourth-order valence-electron chi connectivity index (χ4n) is 1.93. The van der Waals surface area contributed by atoms with Crippen molar-refractivity contribution in [2.45, 2.75) is 6.92 Å². The quantitative estimate of drug-likeness (QED) is 0.514. The molecule has 1 N–H and O–H groups in total. The molecule has 1 amide bonds. The van der Waals surface area contributed by atoms with Crippen LogP contribution in [0.15, 0.2) is 78.9 Å². The lowest BCUT2D eigenvalue weighted by atomic mass is 10.0. The number of amides is 1. The van der Waals surface area contributed by atoms with Crippen LogP contribution in [0.5, 0.6) is 0 Å². The molecule has 0 aliphatic heterocycles. The Morgan fingerprint density at radius 3 is 2.36 bits per heavy atom. The number of hydrogen-bond acceptors (Lipinski definition) is 2. The van der Waals surface area contributed by atoms with Crippen LogP contribution in [0.2, 0.25) is 0 Å². The number of carbonyl (C=O) groups is 2. The predicted octanol–water partition coefficient (Wildman–Crippen LogP) is 3.99. The van der Waals surface area contributed by atoms with Crippen LogP contribution in [-0.2, 0) is 4.79 Å². The maximum Gasteiger partial charge on any atom is 0.248 e. The van der Waals surface area contributed by atoms with Crippen LogP contribution in [0.1, 0.15) is 22.8 Å². The number of carbonyl (C=O) groups excluding carboxylic acids is 2. The molecule has 110 valence electrons. The molecule has 0 aliphatic carbocycles. The Morgan fingerprint density at radius 2 is 1.64 bits per heavy atom. The third-order valence-electron chi connectivity index (χ3n) is 2.98. The number of benzene rings is 2. The van der Waals surface area contributed by atoms with Crippen molar-refractivity contribution >= 4 is 17.4 Å². The zero-order valence-electron chi connectivity index (χ0n) is 12.3. The van der Waals surface area contributed by atoms with E-state index in [-0.39, 0.29) is 11.7 Å². The maximum atomic E-state index is 12.4. The minimum atomic E-state index is -0.234. The fraction of sp³-hybridized carbons (Fsp3) is 0.0526. The average Bonchev–Trinajstić information content (AvgIpc) is 2.55. The van der Waals surface area contributed by atoms with Crippen LogP contribution in [0, 0.1) is 0 Å². The van der Waals surface area contributed by atoms with Gasteiger partial charge in [0.15, 0.2) is 5.78 Å². The van der Waals surface area contributed by atoms with E-state index in [9.17, 15) is 9.59 Å². The van der Waals surface area contributed by atoms with Crippen LogP contribution >= 0.6 is 0 Å². The van der Waals surface area contributed by atoms with E-state index < -0.39 is 0 Å². The monoisotopic (exact) mass is 291 g/mol. The van der Waals surface area contributed by atoms with Gasteiger partial charge in [0.25, 0.3) is 0 Å². The first kappa shape index (κ1) is 15.4. The van der Waals surface area contributed by atoms with E-state index in [1.807, 2.05) is 31.2 Å². The zero-order valence-corrected chi connectivity index (χ0v) is 12.3. The molecule has 0 saturated heterocycles. The van der Waals surface area contributed by atoms with Crippen molar-refractivity contribution in [3.8, 4) is 0 Å². The normalized spacial score (nSPS) is 11.0. The van der Waals surface area contributed by atoms with Crippen molar-refractivity contribution in [2.75, 3.05) is 5.32 Å². The lowest BCUT2D eigenvalue weighted by Crippen LogP contribution is -2.09. The van der Waals surface area contributed by atoms with Gasteiger partial charge in [0.1, 0.15) is 0 Å². The van der Waals surface area contributed by atoms with Crippen LogP contribution in [0.25, 0.3) is 0 Å². The molecule has 0 aliphatic rings. The number of rotatable bonds is 5. The van der Waals surface area contributed by atoms with Crippen LogP contribution in [-0.4, -0.2) is 11.7 Å². The van der Waals surface area contributed by atoms with Gasteiger partial charge in [-0.1, -0.05) is 60.7 Å². The van der Waals surface area contributed by atoms with E-state index in [1.54, 1.807) is 48.6 Å². The molecule has 0 radical (unpaired) electrons. The molecule has 0 heterocycles. The summed E-state index contributed by atoms with van der Waals surface area (Å²) < 4.78 is 0. The third kappa shape index (κ3) is 4.28. The minimum absolute atomic E-state index is 0.0684. The van der Waals surface area contributed by atoms with E-state index in [0.717, 1.165) is 0 Å². The lowest BCUT2D eigenvalue weighted by molar-refractivity contribution is -0.111. The summed E-state index contributed by atoms with van der Waals surface area (Å²) in [6, 6.07) is 16.0. The zero-order chi connectivity index (χ0) is 15.8. The average molecular weight is 291 g/mol. The first-order chi connectivity index (χ1) is 10.7. The lowest BCUT2D eigenvalue weighted by Gasteiger charge is -2.05. The molecular weight excluding hydrogens is 274 g/mol. The molecule has 0 atom stereocenters. The smallest absolute Gasteiger partial charge is 0.248 e. The Labute approximate surface area is 130 Å². The standard InChI is InChI=1S/C19H17NO2/c1-2-3-5-13-18(21)20-17-12-8-11-16(14-17)19(22)15-9-6-4-7-10-15/h2-14H,1H3,(H,20,21). The Morgan fingerprint density at radius 1 is 0.909 bits per heavy atom. The van der Waals surface area contributed by atoms with Gasteiger partial charge >= 0.3 is 0 Å². The molecule has 0 unspecified atom stereocenters. The number of anilines is 1. The summed E-state index contributed by atoms with van der Waals surface area (Å²) in [6.45, 7) is 1.88. The highest BCUT2D eigenvalue weighted by atomic mass is 16.1. The number of ketones is 1. The molecule has 22 heavy (non-hydrogen) atoms. The van der Waals surface area contributed by atoms with Crippen molar-refractivity contribution in [3.05, 3.63) is 90.0 Å². The molecule has 3 heteroatoms. The van der Waals surface area contributed by atoms with Crippen molar-refractivity contribution < 1.29 is 9.59 Å². The Kier molecular flexibility index (Phi) is 5.44. The van der Waals surface area contributed by atoms with Gasteiger partial charge in [-0.3, -0.25) is 9.59 Å². The highest BCUT2D eigenvalue weighted by molar-refractivity contribution is 6.10. The molecule has 2 aromatic carbocycles. The molecule has 0 aromatic heterocycles. The van der Waals surface area contributed by atoms with Gasteiger partial charge in [0.05, 0.1) is 0 Å². The van der Waals surface area contributed by atoms with Gasteiger partial charge in [0, 0.05) is 22.9 Å². The van der Waals surface area contributed by atoms with E-state index in [0.29, 0.717) is 16.8 Å². The van der Waals surface area contributed by atoms with Crippen LogP contribution in [0.4, 0.5) is 5.69 Å². The van der Waals surface area contributed by atoms with Gasteiger partial charge in [0.2, 0.25) is 5.91 Å². The number of allylic oxidation sites excluding steroid dienone is 3. The Bertz CT molecular complexity index is 715. The van der Waals surface area contributed by atoms with E-state index >= 15 is 0 Å². The Hall–Kier alpha value is -2.94. The van der Waals surface area contributed by atoms with Gasteiger partial charge in [-0.2, -0.15) is 0 Å². The molecule has 0 spiro atoms.